The minimum Gasteiger partial charge on any atom is -0.354 e. The van der Waals surface area contributed by atoms with Crippen molar-refractivity contribution >= 4 is 11.8 Å². The maximum Gasteiger partial charge on any atom is 0.254 e. The fourth-order valence-electron chi connectivity index (χ4n) is 2.88. The van der Waals surface area contributed by atoms with E-state index in [0.29, 0.717) is 31.0 Å². The Morgan fingerprint density at radius 1 is 1.21 bits per heavy atom. The number of likely N-dealkylation sites (tertiary alicyclic amines) is 1. The second kappa shape index (κ2) is 6.58. The Hall–Kier alpha value is -1.84. The summed E-state index contributed by atoms with van der Waals surface area (Å²) in [6.07, 6.45) is 0.711. The fraction of sp³-hybridized carbons (Fsp3) is 0.600. The van der Waals surface area contributed by atoms with Crippen molar-refractivity contribution < 1.29 is 9.59 Å². The molecule has 0 radical (unpaired) electrons. The van der Waals surface area contributed by atoms with Crippen molar-refractivity contribution in [2.24, 2.45) is 5.92 Å². The zero-order valence-corrected chi connectivity index (χ0v) is 15.8. The number of carbonyl (C=O) groups excluding carboxylic acids is 2. The van der Waals surface area contributed by atoms with Crippen molar-refractivity contribution in [3.63, 3.8) is 0 Å². The second-order valence-electron chi connectivity index (χ2n) is 8.41. The van der Waals surface area contributed by atoms with Gasteiger partial charge in [0.1, 0.15) is 5.54 Å². The van der Waals surface area contributed by atoms with Crippen LogP contribution in [0.3, 0.4) is 0 Å². The van der Waals surface area contributed by atoms with Crippen molar-refractivity contribution in [3.8, 4) is 0 Å². The number of rotatable bonds is 4. The van der Waals surface area contributed by atoms with Crippen LogP contribution in [0.25, 0.3) is 0 Å². The highest BCUT2D eigenvalue weighted by atomic mass is 16.2. The number of hydrogen-bond donors (Lipinski definition) is 1. The van der Waals surface area contributed by atoms with E-state index in [0.717, 1.165) is 0 Å². The average Bonchev–Trinajstić information content (AvgIpc) is 2.49. The van der Waals surface area contributed by atoms with Crippen LogP contribution >= 0.6 is 0 Å². The summed E-state index contributed by atoms with van der Waals surface area (Å²) in [6.45, 7) is 13.7. The molecule has 0 bridgehead atoms. The van der Waals surface area contributed by atoms with Crippen LogP contribution in [-0.2, 0) is 10.2 Å². The largest absolute Gasteiger partial charge is 0.354 e. The minimum absolute atomic E-state index is 0.0536. The molecule has 1 saturated heterocycles. The Labute approximate surface area is 145 Å². The summed E-state index contributed by atoms with van der Waals surface area (Å²) in [5.41, 5.74) is 1.17. The van der Waals surface area contributed by atoms with Crippen molar-refractivity contribution in [1.29, 1.82) is 0 Å². The Bertz CT molecular complexity index is 614. The summed E-state index contributed by atoms with van der Waals surface area (Å²) in [7, 11) is 0. The molecule has 1 unspecified atom stereocenters. The van der Waals surface area contributed by atoms with E-state index >= 15 is 0 Å². The van der Waals surface area contributed by atoms with Gasteiger partial charge in [0.05, 0.1) is 0 Å². The monoisotopic (exact) mass is 330 g/mol. The lowest BCUT2D eigenvalue weighted by atomic mass is 9.84. The van der Waals surface area contributed by atoms with E-state index in [1.807, 2.05) is 31.2 Å². The molecule has 4 heteroatoms. The molecule has 1 aliphatic heterocycles. The molecule has 1 aromatic rings. The van der Waals surface area contributed by atoms with Crippen LogP contribution in [-0.4, -0.2) is 35.3 Å². The van der Waals surface area contributed by atoms with Crippen LogP contribution < -0.4 is 5.32 Å². The smallest absolute Gasteiger partial charge is 0.254 e. The molecule has 0 aromatic heterocycles. The Morgan fingerprint density at radius 3 is 2.21 bits per heavy atom. The Balaban J connectivity index is 2.11. The van der Waals surface area contributed by atoms with E-state index in [9.17, 15) is 9.59 Å². The lowest BCUT2D eigenvalue weighted by Gasteiger charge is -2.49. The van der Waals surface area contributed by atoms with E-state index in [-0.39, 0.29) is 17.2 Å². The third-order valence-corrected chi connectivity index (χ3v) is 4.82. The zero-order valence-electron chi connectivity index (χ0n) is 15.8. The summed E-state index contributed by atoms with van der Waals surface area (Å²) in [6, 6.07) is 7.74. The highest BCUT2D eigenvalue weighted by molar-refractivity contribution is 6.00. The summed E-state index contributed by atoms with van der Waals surface area (Å²) < 4.78 is 0. The normalized spacial score (nSPS) is 20.7. The molecule has 1 atom stereocenters. The van der Waals surface area contributed by atoms with Gasteiger partial charge in [-0.25, -0.2) is 0 Å². The molecule has 2 amide bonds. The van der Waals surface area contributed by atoms with Gasteiger partial charge in [0, 0.05) is 18.7 Å². The highest BCUT2D eigenvalue weighted by Gasteiger charge is 2.49. The van der Waals surface area contributed by atoms with Gasteiger partial charge in [-0.2, -0.15) is 0 Å². The summed E-state index contributed by atoms with van der Waals surface area (Å²) in [5.74, 6) is 0.276. The quantitative estimate of drug-likeness (QED) is 0.920. The van der Waals surface area contributed by atoms with Gasteiger partial charge in [0.25, 0.3) is 5.91 Å². The minimum atomic E-state index is -0.728. The van der Waals surface area contributed by atoms with Gasteiger partial charge in [-0.3, -0.25) is 9.59 Å². The molecule has 0 saturated carbocycles. The van der Waals surface area contributed by atoms with E-state index in [2.05, 4.69) is 39.9 Å². The predicted molar refractivity (Wildman–Crippen MR) is 97.0 cm³/mol. The lowest BCUT2D eigenvalue weighted by Crippen LogP contribution is -2.67. The number of amides is 2. The number of nitrogens with zero attached hydrogens (tertiary/aromatic N) is 1. The molecule has 1 aliphatic rings. The maximum atomic E-state index is 12.8. The molecular formula is C20H30N2O2. The van der Waals surface area contributed by atoms with Gasteiger partial charge in [-0.05, 0) is 42.4 Å². The average molecular weight is 330 g/mol. The third kappa shape index (κ3) is 3.63. The van der Waals surface area contributed by atoms with Crippen LogP contribution in [0.5, 0.6) is 0 Å². The highest BCUT2D eigenvalue weighted by Crippen LogP contribution is 2.32. The lowest BCUT2D eigenvalue weighted by molar-refractivity contribution is -0.137. The first-order valence-corrected chi connectivity index (χ1v) is 8.76. The van der Waals surface area contributed by atoms with Crippen LogP contribution in [0, 0.1) is 5.92 Å². The Kier molecular flexibility index (Phi) is 5.07. The van der Waals surface area contributed by atoms with Gasteiger partial charge in [-0.15, -0.1) is 0 Å². The van der Waals surface area contributed by atoms with E-state index in [1.54, 1.807) is 4.90 Å². The van der Waals surface area contributed by atoms with Crippen molar-refractivity contribution in [1.82, 2.24) is 10.2 Å². The molecule has 132 valence electrons. The Morgan fingerprint density at radius 2 is 1.79 bits per heavy atom. The standard InChI is InChI=1S/C20H30N2O2/c1-14(2)13-21-18(24)20(6)11-12-22(20)17(23)15-7-9-16(10-8-15)19(3,4)5/h7-10,14H,11-13H2,1-6H3,(H,21,24). The van der Waals surface area contributed by atoms with E-state index in [4.69, 9.17) is 0 Å². The van der Waals surface area contributed by atoms with Crippen molar-refractivity contribution in [2.45, 2.75) is 58.9 Å². The SMILES string of the molecule is CC(C)CNC(=O)C1(C)CCN1C(=O)c1ccc(C(C)(C)C)cc1. The van der Waals surface area contributed by atoms with Crippen LogP contribution in [0.2, 0.25) is 0 Å². The first-order valence-electron chi connectivity index (χ1n) is 8.76. The third-order valence-electron chi connectivity index (χ3n) is 4.82. The topological polar surface area (TPSA) is 49.4 Å². The number of carbonyl (C=O) groups is 2. The number of nitrogens with one attached hydrogen (secondary N) is 1. The van der Waals surface area contributed by atoms with Gasteiger partial charge < -0.3 is 10.2 Å². The molecule has 4 nitrogen and oxygen atoms in total. The number of benzene rings is 1. The molecule has 1 aromatic carbocycles. The summed E-state index contributed by atoms with van der Waals surface area (Å²) in [4.78, 5) is 27.0. The van der Waals surface area contributed by atoms with Gasteiger partial charge in [-0.1, -0.05) is 46.8 Å². The van der Waals surface area contributed by atoms with Crippen LogP contribution in [0.15, 0.2) is 24.3 Å². The molecule has 0 aliphatic carbocycles. The number of hydrogen-bond acceptors (Lipinski definition) is 2. The predicted octanol–water partition coefficient (Wildman–Crippen LogP) is 3.36. The van der Waals surface area contributed by atoms with Crippen LogP contribution in [0.1, 0.15) is 63.9 Å². The molecule has 1 heterocycles. The van der Waals surface area contributed by atoms with E-state index < -0.39 is 5.54 Å². The van der Waals surface area contributed by atoms with Gasteiger partial charge in [0.2, 0.25) is 5.91 Å². The molecule has 24 heavy (non-hydrogen) atoms. The fourth-order valence-corrected chi connectivity index (χ4v) is 2.88. The first kappa shape index (κ1) is 18.5. The van der Waals surface area contributed by atoms with Crippen molar-refractivity contribution in [3.05, 3.63) is 35.4 Å². The summed E-state index contributed by atoms with van der Waals surface area (Å²) in [5, 5.41) is 2.96. The zero-order chi connectivity index (χ0) is 18.1. The first-order chi connectivity index (χ1) is 11.1. The van der Waals surface area contributed by atoms with Gasteiger partial charge in [0.15, 0.2) is 0 Å². The molecule has 0 spiro atoms. The molecule has 1 N–H and O–H groups in total. The second-order valence-corrected chi connectivity index (χ2v) is 8.41. The maximum absolute atomic E-state index is 12.8. The molecule has 1 fully saturated rings. The molecular weight excluding hydrogens is 300 g/mol. The van der Waals surface area contributed by atoms with Crippen LogP contribution in [0.4, 0.5) is 0 Å². The van der Waals surface area contributed by atoms with Gasteiger partial charge >= 0.3 is 0 Å². The van der Waals surface area contributed by atoms with Crippen molar-refractivity contribution in [2.75, 3.05) is 13.1 Å². The summed E-state index contributed by atoms with van der Waals surface area (Å²) >= 11 is 0. The molecule has 2 rings (SSSR count). The van der Waals surface area contributed by atoms with E-state index in [1.165, 1.54) is 5.56 Å².